The van der Waals surface area contributed by atoms with Crippen LogP contribution in [0.3, 0.4) is 0 Å². The average molecular weight is 404 g/mol. The highest BCUT2D eigenvalue weighted by atomic mass is 19.4. The number of rotatable bonds is 5. The molecule has 0 saturated carbocycles. The number of hydrogen-bond acceptors (Lipinski definition) is 3. The van der Waals surface area contributed by atoms with Gasteiger partial charge in [-0.2, -0.15) is 17.6 Å². The molecule has 4 unspecified atom stereocenters. The highest BCUT2D eigenvalue weighted by Gasteiger charge is 2.63. The summed E-state index contributed by atoms with van der Waals surface area (Å²) in [5, 5.41) is 8.58. The number of aliphatic hydroxyl groups is 1. The van der Waals surface area contributed by atoms with Crippen molar-refractivity contribution in [3.05, 3.63) is 29.3 Å². The molecule has 0 amide bonds. The fourth-order valence-electron chi connectivity index (χ4n) is 3.34. The molecule has 1 fully saturated rings. The van der Waals surface area contributed by atoms with Crippen LogP contribution in [0.15, 0.2) is 12.1 Å². The van der Waals surface area contributed by atoms with Crippen molar-refractivity contribution in [2.45, 2.75) is 50.5 Å². The highest BCUT2D eigenvalue weighted by Crippen LogP contribution is 2.54. The lowest BCUT2D eigenvalue weighted by atomic mass is 9.77. The fourth-order valence-corrected chi connectivity index (χ4v) is 3.34. The van der Waals surface area contributed by atoms with Gasteiger partial charge in [-0.05, 0) is 19.9 Å². The van der Waals surface area contributed by atoms with E-state index in [-0.39, 0.29) is 5.56 Å². The largest absolute Gasteiger partial charge is 0.484 e. The van der Waals surface area contributed by atoms with Crippen molar-refractivity contribution in [3.63, 3.8) is 0 Å². The monoisotopic (exact) mass is 404 g/mol. The van der Waals surface area contributed by atoms with Gasteiger partial charge in [0.2, 0.25) is 5.82 Å². The molecule has 1 aromatic carbocycles. The molecule has 3 nitrogen and oxygen atoms in total. The van der Waals surface area contributed by atoms with Gasteiger partial charge in [0.1, 0.15) is 6.61 Å². The van der Waals surface area contributed by atoms with E-state index in [1.54, 1.807) is 0 Å². The number of hydrogen-bond donors (Lipinski definition) is 1. The van der Waals surface area contributed by atoms with E-state index in [0.29, 0.717) is 6.07 Å². The summed E-state index contributed by atoms with van der Waals surface area (Å²) in [5.74, 6) is -9.98. The third-order valence-corrected chi connectivity index (χ3v) is 5.01. The van der Waals surface area contributed by atoms with Crippen LogP contribution in [0.25, 0.3) is 0 Å². The van der Waals surface area contributed by atoms with Crippen LogP contribution in [-0.2, 0) is 4.74 Å². The maximum Gasteiger partial charge on any atom is 0.417 e. The van der Waals surface area contributed by atoms with Gasteiger partial charge in [0.15, 0.2) is 23.8 Å². The zero-order valence-corrected chi connectivity index (χ0v) is 14.7. The van der Waals surface area contributed by atoms with Gasteiger partial charge in [0.25, 0.3) is 0 Å². The Labute approximate surface area is 151 Å². The first-order chi connectivity index (χ1) is 12.2. The van der Waals surface area contributed by atoms with Crippen LogP contribution in [0, 0.1) is 17.6 Å². The number of alkyl halides is 5. The Morgan fingerprint density at radius 2 is 1.74 bits per heavy atom. The van der Waals surface area contributed by atoms with E-state index < -0.39 is 66.2 Å². The van der Waals surface area contributed by atoms with E-state index in [2.05, 4.69) is 0 Å². The van der Waals surface area contributed by atoms with Crippen LogP contribution in [0.1, 0.15) is 32.3 Å². The van der Waals surface area contributed by atoms with E-state index >= 15 is 0 Å². The van der Waals surface area contributed by atoms with E-state index in [4.69, 9.17) is 14.6 Å². The van der Waals surface area contributed by atoms with E-state index in [0.717, 1.165) is 13.0 Å². The Hall–Kier alpha value is -1.55. The van der Waals surface area contributed by atoms with Crippen molar-refractivity contribution in [2.24, 2.45) is 5.92 Å². The molecule has 1 aliphatic heterocycles. The van der Waals surface area contributed by atoms with Crippen LogP contribution in [-0.4, -0.2) is 42.1 Å². The van der Waals surface area contributed by atoms with Crippen LogP contribution in [0.2, 0.25) is 0 Å². The SMILES string of the molecule is CC1OC(C)(C(F)(F)F)C(C)C1c1ccc(F)c(F)c1OCC(F)(F)CO. The molecule has 1 saturated heterocycles. The fraction of sp³-hybridized carbons (Fsp3) is 0.647. The molecule has 1 aliphatic rings. The highest BCUT2D eigenvalue weighted by molar-refractivity contribution is 5.41. The second kappa shape index (κ2) is 7.12. The van der Waals surface area contributed by atoms with Crippen molar-refractivity contribution in [3.8, 4) is 5.75 Å². The molecule has 0 bridgehead atoms. The predicted molar refractivity (Wildman–Crippen MR) is 80.8 cm³/mol. The van der Waals surface area contributed by atoms with Crippen LogP contribution in [0.4, 0.5) is 30.7 Å². The molecule has 0 aliphatic carbocycles. The summed E-state index contributed by atoms with van der Waals surface area (Å²) in [7, 11) is 0. The molecule has 0 aromatic heterocycles. The number of aliphatic hydroxyl groups excluding tert-OH is 1. The van der Waals surface area contributed by atoms with Crippen LogP contribution < -0.4 is 4.74 Å². The lowest BCUT2D eigenvalue weighted by Gasteiger charge is -2.32. The van der Waals surface area contributed by atoms with Crippen molar-refractivity contribution in [1.82, 2.24) is 0 Å². The summed E-state index contributed by atoms with van der Waals surface area (Å²) >= 11 is 0. The Morgan fingerprint density at radius 1 is 1.15 bits per heavy atom. The molecule has 10 heteroatoms. The van der Waals surface area contributed by atoms with Crippen molar-refractivity contribution in [1.29, 1.82) is 0 Å². The molecular formula is C17H19F7O3. The molecule has 2 rings (SSSR count). The summed E-state index contributed by atoms with van der Waals surface area (Å²) in [6.45, 7) is 0.337. The second-order valence-corrected chi connectivity index (χ2v) is 6.82. The Bertz CT molecular complexity index is 692. The van der Waals surface area contributed by atoms with Crippen molar-refractivity contribution in [2.75, 3.05) is 13.2 Å². The quantitative estimate of drug-likeness (QED) is 0.738. The molecule has 1 heterocycles. The molecule has 0 spiro atoms. The Morgan fingerprint density at radius 3 is 2.22 bits per heavy atom. The van der Waals surface area contributed by atoms with Crippen molar-refractivity contribution < 1.29 is 45.3 Å². The van der Waals surface area contributed by atoms with Gasteiger partial charge in [-0.25, -0.2) is 13.2 Å². The third kappa shape index (κ3) is 3.87. The lowest BCUT2D eigenvalue weighted by Crippen LogP contribution is -2.46. The van der Waals surface area contributed by atoms with Crippen LogP contribution >= 0.6 is 0 Å². The first kappa shape index (κ1) is 21.7. The van der Waals surface area contributed by atoms with E-state index in [1.165, 1.54) is 13.8 Å². The smallest absolute Gasteiger partial charge is 0.417 e. The minimum absolute atomic E-state index is 0.212. The zero-order chi connectivity index (χ0) is 20.8. The molecule has 1 aromatic rings. The first-order valence-electron chi connectivity index (χ1n) is 8.09. The van der Waals surface area contributed by atoms with E-state index in [1.807, 2.05) is 0 Å². The number of ether oxygens (including phenoxy) is 2. The number of benzene rings is 1. The van der Waals surface area contributed by atoms with Gasteiger partial charge in [0.05, 0.1) is 6.10 Å². The molecule has 4 atom stereocenters. The summed E-state index contributed by atoms with van der Waals surface area (Å²) < 4.78 is 104. The molecule has 27 heavy (non-hydrogen) atoms. The van der Waals surface area contributed by atoms with Gasteiger partial charge < -0.3 is 14.6 Å². The normalized spacial score (nSPS) is 29.2. The Kier molecular flexibility index (Phi) is 5.74. The van der Waals surface area contributed by atoms with Gasteiger partial charge in [-0.15, -0.1) is 0 Å². The predicted octanol–water partition coefficient (Wildman–Crippen LogP) is 4.43. The topological polar surface area (TPSA) is 38.7 Å². The molecule has 0 radical (unpaired) electrons. The van der Waals surface area contributed by atoms with Gasteiger partial charge >= 0.3 is 12.1 Å². The summed E-state index contributed by atoms with van der Waals surface area (Å²) in [6, 6.07) is 1.68. The lowest BCUT2D eigenvalue weighted by molar-refractivity contribution is -0.273. The van der Waals surface area contributed by atoms with Crippen molar-refractivity contribution >= 4 is 0 Å². The molecule has 154 valence electrons. The summed E-state index contributed by atoms with van der Waals surface area (Å²) in [5.41, 5.74) is -2.77. The minimum atomic E-state index is -4.74. The summed E-state index contributed by atoms with van der Waals surface area (Å²) in [4.78, 5) is 0. The van der Waals surface area contributed by atoms with Crippen LogP contribution in [0.5, 0.6) is 5.75 Å². The zero-order valence-electron chi connectivity index (χ0n) is 14.7. The third-order valence-electron chi connectivity index (χ3n) is 5.01. The van der Waals surface area contributed by atoms with Gasteiger partial charge in [0, 0.05) is 17.4 Å². The Balaban J connectivity index is 2.48. The van der Waals surface area contributed by atoms with E-state index in [9.17, 15) is 30.7 Å². The molecular weight excluding hydrogens is 385 g/mol. The second-order valence-electron chi connectivity index (χ2n) is 6.82. The standard InChI is InChI=1S/C17H19F7O3/c1-8-12(9(2)27-15(8,3)17(22,23)24)10-4-5-11(18)13(19)14(10)26-7-16(20,21)6-25/h4-5,8-9,12,25H,6-7H2,1-3H3. The maximum atomic E-state index is 14.2. The number of halogens is 7. The summed E-state index contributed by atoms with van der Waals surface area (Å²) in [6.07, 6.45) is -5.81. The maximum absolute atomic E-state index is 14.2. The minimum Gasteiger partial charge on any atom is -0.484 e. The van der Waals surface area contributed by atoms with Gasteiger partial charge in [-0.1, -0.05) is 13.0 Å². The average Bonchev–Trinajstić information content (AvgIpc) is 2.79. The molecule has 1 N–H and O–H groups in total. The first-order valence-corrected chi connectivity index (χ1v) is 8.09. The van der Waals surface area contributed by atoms with Gasteiger partial charge in [-0.3, -0.25) is 0 Å².